The van der Waals surface area contributed by atoms with Crippen LogP contribution >= 0.6 is 0 Å². The molecule has 7 heteroatoms. The molecule has 7 nitrogen and oxygen atoms in total. The van der Waals surface area contributed by atoms with Crippen LogP contribution in [0.25, 0.3) is 0 Å². The predicted octanol–water partition coefficient (Wildman–Crippen LogP) is 1.12. The molecule has 2 aliphatic rings. The minimum Gasteiger partial charge on any atom is -0.323 e. The average Bonchev–Trinajstić information content (AvgIpc) is 2.73. The Morgan fingerprint density at radius 3 is 2.81 bits per heavy atom. The number of aromatic nitrogens is 1. The van der Waals surface area contributed by atoms with E-state index in [0.717, 1.165) is 37.7 Å². The lowest BCUT2D eigenvalue weighted by molar-refractivity contribution is -0.132. The summed E-state index contributed by atoms with van der Waals surface area (Å²) in [7, 11) is 0. The van der Waals surface area contributed by atoms with Crippen LogP contribution < -0.4 is 16.6 Å². The largest absolute Gasteiger partial charge is 0.325 e. The van der Waals surface area contributed by atoms with Crippen LogP contribution in [0, 0.1) is 0 Å². The fraction of sp³-hybridized carbons (Fsp3) is 0.500. The van der Waals surface area contributed by atoms with E-state index in [1.54, 1.807) is 18.3 Å². The smallest absolute Gasteiger partial charge is 0.323 e. The highest BCUT2D eigenvalue weighted by Crippen LogP contribution is 2.34. The van der Waals surface area contributed by atoms with Crippen molar-refractivity contribution in [3.63, 3.8) is 0 Å². The van der Waals surface area contributed by atoms with Gasteiger partial charge in [-0.15, -0.1) is 0 Å². The van der Waals surface area contributed by atoms with Gasteiger partial charge in [-0.05, 0) is 18.9 Å². The highest BCUT2D eigenvalue weighted by Gasteiger charge is 2.51. The second kappa shape index (κ2) is 5.33. The van der Waals surface area contributed by atoms with Gasteiger partial charge in [0.25, 0.3) is 5.91 Å². The number of hydrazine groups is 1. The van der Waals surface area contributed by atoms with Crippen molar-refractivity contribution in [2.45, 2.75) is 44.2 Å². The minimum atomic E-state index is -0.687. The number of nitrogens with two attached hydrogens (primary N) is 1. The zero-order chi connectivity index (χ0) is 14.9. The maximum Gasteiger partial charge on any atom is 0.325 e. The van der Waals surface area contributed by atoms with Crippen molar-refractivity contribution < 1.29 is 9.59 Å². The molecule has 4 N–H and O–H groups in total. The molecule has 0 radical (unpaired) electrons. The predicted molar refractivity (Wildman–Crippen MR) is 76.9 cm³/mol. The number of nitrogens with zero attached hydrogens (tertiary/aromatic N) is 2. The number of anilines is 1. The highest BCUT2D eigenvalue weighted by atomic mass is 16.2. The molecule has 1 aromatic heterocycles. The first-order chi connectivity index (χ1) is 10.2. The number of carbonyl (C=O) groups excluding carboxylic acids is 2. The number of carbonyl (C=O) groups is 2. The average molecular weight is 289 g/mol. The van der Waals surface area contributed by atoms with Crippen molar-refractivity contribution >= 4 is 17.8 Å². The topological polar surface area (TPSA) is 100 Å². The first kappa shape index (κ1) is 13.8. The van der Waals surface area contributed by atoms with Crippen LogP contribution in [0.2, 0.25) is 0 Å². The normalized spacial score (nSPS) is 20.7. The van der Waals surface area contributed by atoms with E-state index in [4.69, 9.17) is 5.84 Å². The van der Waals surface area contributed by atoms with Gasteiger partial charge in [0.1, 0.15) is 11.4 Å². The quantitative estimate of drug-likeness (QED) is 0.440. The fourth-order valence-electron chi connectivity index (χ4n) is 3.18. The zero-order valence-corrected chi connectivity index (χ0v) is 11.8. The van der Waals surface area contributed by atoms with Gasteiger partial charge in [0.15, 0.2) is 0 Å². The van der Waals surface area contributed by atoms with Crippen molar-refractivity contribution in [1.29, 1.82) is 0 Å². The molecular formula is C14H19N5O2. The van der Waals surface area contributed by atoms with Crippen LogP contribution in [-0.4, -0.2) is 27.4 Å². The minimum absolute atomic E-state index is 0.126. The van der Waals surface area contributed by atoms with Crippen molar-refractivity contribution in [3.8, 4) is 0 Å². The maximum absolute atomic E-state index is 12.7. The molecule has 0 unspecified atom stereocenters. The summed E-state index contributed by atoms with van der Waals surface area (Å²) in [6, 6.07) is 3.23. The maximum atomic E-state index is 12.7. The van der Waals surface area contributed by atoms with E-state index in [2.05, 4.69) is 15.7 Å². The van der Waals surface area contributed by atoms with E-state index < -0.39 is 5.54 Å². The third-order valence-corrected chi connectivity index (χ3v) is 4.31. The molecule has 1 aliphatic carbocycles. The molecule has 1 saturated carbocycles. The molecule has 2 heterocycles. The molecule has 0 aromatic carbocycles. The molecule has 1 saturated heterocycles. The number of nitrogen functional groups attached to an aromatic ring is 1. The first-order valence-electron chi connectivity index (χ1n) is 7.21. The molecule has 3 amide bonds. The summed E-state index contributed by atoms with van der Waals surface area (Å²) < 4.78 is 0. The molecular weight excluding hydrogens is 270 g/mol. The van der Waals surface area contributed by atoms with E-state index in [0.29, 0.717) is 5.82 Å². The van der Waals surface area contributed by atoms with Gasteiger partial charge in [0, 0.05) is 11.8 Å². The van der Waals surface area contributed by atoms with Crippen LogP contribution in [0.15, 0.2) is 18.3 Å². The van der Waals surface area contributed by atoms with Crippen molar-refractivity contribution in [3.05, 3.63) is 23.9 Å². The summed E-state index contributed by atoms with van der Waals surface area (Å²) in [6.45, 7) is 0.180. The van der Waals surface area contributed by atoms with Gasteiger partial charge in [0.05, 0.1) is 6.54 Å². The standard InChI is InChI=1S/C14H19N5O2/c15-18-11-10(5-4-8-16-11)9-19-12(20)14(17-13(19)21)6-2-1-3-7-14/h4-5,8H,1-3,6-7,9,15H2,(H,16,18)(H,17,21). The number of hydrogen-bond donors (Lipinski definition) is 3. The van der Waals surface area contributed by atoms with Crippen molar-refractivity contribution in [2.24, 2.45) is 5.84 Å². The zero-order valence-electron chi connectivity index (χ0n) is 11.8. The summed E-state index contributed by atoms with van der Waals surface area (Å²) in [6.07, 6.45) is 6.12. The van der Waals surface area contributed by atoms with Gasteiger partial charge in [0.2, 0.25) is 0 Å². The Labute approximate surface area is 122 Å². The van der Waals surface area contributed by atoms with Crippen LogP contribution in [0.4, 0.5) is 10.6 Å². The second-order valence-electron chi connectivity index (χ2n) is 5.62. The molecule has 1 aromatic rings. The Morgan fingerprint density at radius 1 is 1.33 bits per heavy atom. The SMILES string of the molecule is NNc1ncccc1CN1C(=O)NC2(CCCCC2)C1=O. The molecule has 2 fully saturated rings. The molecule has 1 aliphatic heterocycles. The molecule has 0 bridgehead atoms. The van der Waals surface area contributed by atoms with Gasteiger partial charge < -0.3 is 10.7 Å². The van der Waals surface area contributed by atoms with Gasteiger partial charge in [-0.1, -0.05) is 25.3 Å². The van der Waals surface area contributed by atoms with E-state index in [1.165, 1.54) is 4.90 Å². The Balaban J connectivity index is 1.82. The number of nitrogens with one attached hydrogen (secondary N) is 2. The van der Waals surface area contributed by atoms with Crippen molar-refractivity contribution in [1.82, 2.24) is 15.2 Å². The van der Waals surface area contributed by atoms with Crippen LogP contribution in [0.3, 0.4) is 0 Å². The molecule has 0 atom stereocenters. The van der Waals surface area contributed by atoms with E-state index in [9.17, 15) is 9.59 Å². The molecule has 21 heavy (non-hydrogen) atoms. The summed E-state index contributed by atoms with van der Waals surface area (Å²) in [4.78, 5) is 30.2. The summed E-state index contributed by atoms with van der Waals surface area (Å²) in [5.74, 6) is 5.76. The van der Waals surface area contributed by atoms with Gasteiger partial charge in [-0.25, -0.2) is 15.6 Å². The Kier molecular flexibility index (Phi) is 3.50. The lowest BCUT2D eigenvalue weighted by atomic mass is 9.82. The third kappa shape index (κ3) is 2.33. The van der Waals surface area contributed by atoms with E-state index >= 15 is 0 Å². The first-order valence-corrected chi connectivity index (χ1v) is 7.21. The van der Waals surface area contributed by atoms with Crippen molar-refractivity contribution in [2.75, 3.05) is 5.43 Å². The van der Waals surface area contributed by atoms with Gasteiger partial charge >= 0.3 is 6.03 Å². The number of urea groups is 1. The molecule has 1 spiro atoms. The number of imide groups is 1. The Morgan fingerprint density at radius 2 is 2.10 bits per heavy atom. The molecule has 112 valence electrons. The lowest BCUT2D eigenvalue weighted by Gasteiger charge is -2.30. The van der Waals surface area contributed by atoms with Gasteiger partial charge in [-0.3, -0.25) is 9.69 Å². The monoisotopic (exact) mass is 289 g/mol. The summed E-state index contributed by atoms with van der Waals surface area (Å²) in [5.41, 5.74) is 2.52. The van der Waals surface area contributed by atoms with Crippen LogP contribution in [0.1, 0.15) is 37.7 Å². The number of hydrogen-bond acceptors (Lipinski definition) is 5. The lowest BCUT2D eigenvalue weighted by Crippen LogP contribution is -2.48. The summed E-state index contributed by atoms with van der Waals surface area (Å²) >= 11 is 0. The van der Waals surface area contributed by atoms with Crippen LogP contribution in [0.5, 0.6) is 0 Å². The molecule has 3 rings (SSSR count). The highest BCUT2D eigenvalue weighted by molar-refractivity contribution is 6.07. The Hall–Kier alpha value is -2.15. The number of rotatable bonds is 3. The Bertz CT molecular complexity index is 568. The van der Waals surface area contributed by atoms with Gasteiger partial charge in [-0.2, -0.15) is 0 Å². The third-order valence-electron chi connectivity index (χ3n) is 4.31. The number of pyridine rings is 1. The number of amides is 3. The van der Waals surface area contributed by atoms with E-state index in [1.807, 2.05) is 0 Å². The fourth-order valence-corrected chi connectivity index (χ4v) is 3.18. The second-order valence-corrected chi connectivity index (χ2v) is 5.62. The van der Waals surface area contributed by atoms with Crippen LogP contribution in [-0.2, 0) is 11.3 Å². The van der Waals surface area contributed by atoms with E-state index in [-0.39, 0.29) is 18.5 Å². The summed E-state index contributed by atoms with van der Waals surface area (Å²) in [5, 5.41) is 2.89.